The molecule has 0 aromatic heterocycles. The number of nitrogen functional groups attached to an aromatic ring is 1. The van der Waals surface area contributed by atoms with Crippen LogP contribution in [0.2, 0.25) is 0 Å². The van der Waals surface area contributed by atoms with Crippen molar-refractivity contribution >= 4 is 35.4 Å². The van der Waals surface area contributed by atoms with Crippen molar-refractivity contribution in [1.29, 1.82) is 5.41 Å². The van der Waals surface area contributed by atoms with Gasteiger partial charge in [0.05, 0.1) is 12.8 Å². The minimum atomic E-state index is -1.23. The minimum absolute atomic E-state index is 0. The van der Waals surface area contributed by atoms with E-state index < -0.39 is 42.8 Å². The maximum atomic E-state index is 12.5. The lowest BCUT2D eigenvalue weighted by Crippen LogP contribution is -2.45. The van der Waals surface area contributed by atoms with Crippen molar-refractivity contribution in [3.05, 3.63) is 29.8 Å². The molecular formula is C18H25N5O6. The van der Waals surface area contributed by atoms with Gasteiger partial charge in [0.1, 0.15) is 12.4 Å². The average Bonchev–Trinajstić information content (AvgIpc) is 2.94. The maximum Gasteiger partial charge on any atom is 0.325 e. The molecule has 0 unspecified atom stereocenters. The summed E-state index contributed by atoms with van der Waals surface area (Å²) in [5, 5.41) is 27.4. The lowest BCUT2D eigenvalue weighted by Gasteiger charge is -2.20. The number of amidine groups is 1. The summed E-state index contributed by atoms with van der Waals surface area (Å²) in [5.41, 5.74) is 6.51. The fourth-order valence-corrected chi connectivity index (χ4v) is 2.83. The number of carboxylic acids is 2. The molecule has 0 atom stereocenters. The number of benzene rings is 1. The number of nitrogens with two attached hydrogens (primary N) is 1. The summed E-state index contributed by atoms with van der Waals surface area (Å²) < 4.78 is 0. The van der Waals surface area contributed by atoms with Gasteiger partial charge in [-0.15, -0.1) is 0 Å². The molecule has 0 radical (unpaired) electrons. The first-order chi connectivity index (χ1) is 13.2. The van der Waals surface area contributed by atoms with Gasteiger partial charge in [0.2, 0.25) is 5.91 Å². The van der Waals surface area contributed by atoms with E-state index >= 15 is 0 Å². The molecule has 11 nitrogen and oxygen atoms in total. The number of nitrogens with one attached hydrogen (secondary N) is 2. The number of anilines is 1. The van der Waals surface area contributed by atoms with Crippen molar-refractivity contribution in [2.45, 2.75) is 26.3 Å². The van der Waals surface area contributed by atoms with E-state index in [1.54, 1.807) is 24.3 Å². The van der Waals surface area contributed by atoms with Crippen molar-refractivity contribution in [3.8, 4) is 0 Å². The van der Waals surface area contributed by atoms with E-state index in [2.05, 4.69) is 5.32 Å². The van der Waals surface area contributed by atoms with E-state index in [-0.39, 0.29) is 26.4 Å². The third kappa shape index (κ3) is 6.48. The maximum absolute atomic E-state index is 12.5. The number of nitrogens with zero attached hydrogens (tertiary/aromatic N) is 2. The smallest absolute Gasteiger partial charge is 0.325 e. The lowest BCUT2D eigenvalue weighted by atomic mass is 10.1. The van der Waals surface area contributed by atoms with E-state index in [1.807, 2.05) is 0 Å². The zero-order chi connectivity index (χ0) is 20.8. The number of carboxylic acid groups (broad SMARTS) is 2. The van der Waals surface area contributed by atoms with E-state index in [0.717, 1.165) is 0 Å². The first kappa shape index (κ1) is 23.4. The topological polar surface area (TPSA) is 177 Å². The highest BCUT2D eigenvalue weighted by atomic mass is 16.4. The normalized spacial score (nSPS) is 13.2. The first-order valence-electron chi connectivity index (χ1n) is 8.41. The second kappa shape index (κ2) is 10.1. The Kier molecular flexibility index (Phi) is 8.12. The Bertz CT molecular complexity index is 778. The van der Waals surface area contributed by atoms with Crippen LogP contribution in [-0.2, 0) is 14.4 Å². The number of hydrogen-bond donors (Lipinski definition) is 5. The van der Waals surface area contributed by atoms with Gasteiger partial charge in [0.15, 0.2) is 0 Å². The zero-order valence-corrected chi connectivity index (χ0v) is 14.9. The van der Waals surface area contributed by atoms with Crippen LogP contribution in [0.3, 0.4) is 0 Å². The number of carbonyl (C=O) groups is 4. The molecule has 29 heavy (non-hydrogen) atoms. The van der Waals surface area contributed by atoms with Gasteiger partial charge in [-0.1, -0.05) is 7.43 Å². The van der Waals surface area contributed by atoms with Gasteiger partial charge in [-0.3, -0.25) is 24.7 Å². The molecule has 0 spiro atoms. The predicted octanol–water partition coefficient (Wildman–Crippen LogP) is 0.283. The number of urea groups is 1. The zero-order valence-electron chi connectivity index (χ0n) is 14.9. The van der Waals surface area contributed by atoms with E-state index in [1.165, 1.54) is 9.80 Å². The van der Waals surface area contributed by atoms with Crippen molar-refractivity contribution in [1.82, 2.24) is 10.2 Å². The molecule has 0 aliphatic carbocycles. The molecule has 1 aliphatic rings. The quantitative estimate of drug-likeness (QED) is 0.288. The van der Waals surface area contributed by atoms with E-state index in [9.17, 15) is 19.2 Å². The van der Waals surface area contributed by atoms with Crippen LogP contribution in [0, 0.1) is 5.41 Å². The molecule has 2 rings (SSSR count). The van der Waals surface area contributed by atoms with E-state index in [4.69, 9.17) is 21.4 Å². The fraction of sp³-hybridized carbons (Fsp3) is 0.389. The van der Waals surface area contributed by atoms with Gasteiger partial charge < -0.3 is 26.2 Å². The van der Waals surface area contributed by atoms with Crippen LogP contribution in [0.1, 0.15) is 25.8 Å². The minimum Gasteiger partial charge on any atom is -0.481 e. The van der Waals surface area contributed by atoms with Gasteiger partial charge in [-0.05, 0) is 24.3 Å². The Hall–Kier alpha value is -3.63. The molecule has 0 saturated carbocycles. The number of carbonyl (C=O) groups excluding carboxylic acids is 2. The van der Waals surface area contributed by atoms with Crippen molar-refractivity contribution in [2.24, 2.45) is 5.73 Å². The standard InChI is InChI=1S/C17H21N5O6.CH4/c18-16(19)10-1-3-12(4-2-10)22-6-5-21(17(22)28)9-13(23)20-11(7-14(24)25)8-15(26)27;/h1-4,11H,5-9H2,(H3,18,19)(H,20,23)(H,24,25)(H,26,27);1H4. The van der Waals surface area contributed by atoms with Crippen LogP contribution in [0.15, 0.2) is 24.3 Å². The molecule has 1 heterocycles. The third-order valence-electron chi connectivity index (χ3n) is 4.13. The predicted molar refractivity (Wildman–Crippen MR) is 105 cm³/mol. The summed E-state index contributed by atoms with van der Waals surface area (Å²) in [6, 6.07) is 5.06. The fourth-order valence-electron chi connectivity index (χ4n) is 2.83. The Balaban J connectivity index is 0.00000420. The molecule has 11 heteroatoms. The summed E-state index contributed by atoms with van der Waals surface area (Å²) in [5.74, 6) is -3.18. The molecule has 0 bridgehead atoms. The Morgan fingerprint density at radius 1 is 1.10 bits per heavy atom. The Morgan fingerprint density at radius 3 is 2.14 bits per heavy atom. The monoisotopic (exact) mass is 407 g/mol. The van der Waals surface area contributed by atoms with Gasteiger partial charge in [0, 0.05) is 30.4 Å². The highest BCUT2D eigenvalue weighted by Gasteiger charge is 2.31. The van der Waals surface area contributed by atoms with Crippen molar-refractivity contribution < 1.29 is 29.4 Å². The largest absolute Gasteiger partial charge is 0.481 e. The second-order valence-electron chi connectivity index (χ2n) is 6.28. The van der Waals surface area contributed by atoms with Gasteiger partial charge in [0.25, 0.3) is 0 Å². The molecule has 1 aliphatic heterocycles. The average molecular weight is 407 g/mol. The summed E-state index contributed by atoms with van der Waals surface area (Å²) in [6.07, 6.45) is -1.05. The summed E-state index contributed by atoms with van der Waals surface area (Å²) in [4.78, 5) is 49.0. The number of amides is 3. The van der Waals surface area contributed by atoms with Crippen LogP contribution in [0.5, 0.6) is 0 Å². The number of rotatable bonds is 9. The summed E-state index contributed by atoms with van der Waals surface area (Å²) in [6.45, 7) is 0.319. The SMILES string of the molecule is C.N=C(N)c1ccc(N2CCN(CC(=O)NC(CC(=O)O)CC(=O)O)C2=O)cc1. The molecule has 1 saturated heterocycles. The van der Waals surface area contributed by atoms with Gasteiger partial charge in [-0.2, -0.15) is 0 Å². The Morgan fingerprint density at radius 2 is 1.66 bits per heavy atom. The van der Waals surface area contributed by atoms with Gasteiger partial charge in [-0.25, -0.2) is 4.79 Å². The molecule has 3 amide bonds. The molecular weight excluding hydrogens is 382 g/mol. The number of hydrogen-bond acceptors (Lipinski definition) is 5. The molecule has 158 valence electrons. The van der Waals surface area contributed by atoms with Crippen molar-refractivity contribution in [2.75, 3.05) is 24.5 Å². The number of aliphatic carboxylic acids is 2. The van der Waals surface area contributed by atoms with Crippen LogP contribution < -0.4 is 16.0 Å². The molecule has 6 N–H and O–H groups in total. The second-order valence-corrected chi connectivity index (χ2v) is 6.28. The molecule has 1 aromatic carbocycles. The third-order valence-corrected chi connectivity index (χ3v) is 4.13. The summed E-state index contributed by atoms with van der Waals surface area (Å²) >= 11 is 0. The Labute approximate surface area is 167 Å². The van der Waals surface area contributed by atoms with E-state index in [0.29, 0.717) is 17.8 Å². The lowest BCUT2D eigenvalue weighted by molar-refractivity contribution is -0.139. The van der Waals surface area contributed by atoms with Crippen LogP contribution in [-0.4, -0.2) is 70.5 Å². The van der Waals surface area contributed by atoms with Crippen LogP contribution in [0.25, 0.3) is 0 Å². The molecule has 1 fully saturated rings. The van der Waals surface area contributed by atoms with Crippen LogP contribution >= 0.6 is 0 Å². The first-order valence-corrected chi connectivity index (χ1v) is 8.41. The summed E-state index contributed by atoms with van der Waals surface area (Å²) in [7, 11) is 0. The highest BCUT2D eigenvalue weighted by Crippen LogP contribution is 2.20. The highest BCUT2D eigenvalue weighted by molar-refractivity contribution is 5.98. The van der Waals surface area contributed by atoms with Crippen LogP contribution in [0.4, 0.5) is 10.5 Å². The van der Waals surface area contributed by atoms with Gasteiger partial charge >= 0.3 is 18.0 Å². The molecule has 1 aromatic rings. The van der Waals surface area contributed by atoms with Crippen molar-refractivity contribution in [3.63, 3.8) is 0 Å².